The van der Waals surface area contributed by atoms with E-state index in [2.05, 4.69) is 18.3 Å². The molecule has 1 aromatic rings. The summed E-state index contributed by atoms with van der Waals surface area (Å²) in [7, 11) is 0. The van der Waals surface area contributed by atoms with Crippen molar-refractivity contribution < 1.29 is 4.79 Å². The van der Waals surface area contributed by atoms with E-state index in [1.807, 2.05) is 24.3 Å². The first-order chi connectivity index (χ1) is 9.81. The molecule has 0 aliphatic heterocycles. The highest BCUT2D eigenvalue weighted by Crippen LogP contribution is 2.22. The first kappa shape index (κ1) is 15.2. The third-order valence-electron chi connectivity index (χ3n) is 3.55. The lowest BCUT2D eigenvalue weighted by molar-refractivity contribution is 0.0951. The summed E-state index contributed by atoms with van der Waals surface area (Å²) in [6.45, 7) is 2.85. The molecule has 2 nitrogen and oxygen atoms in total. The first-order valence-corrected chi connectivity index (χ1v) is 8.47. The van der Waals surface area contributed by atoms with E-state index in [0.29, 0.717) is 0 Å². The highest BCUT2D eigenvalue weighted by molar-refractivity contribution is 7.99. The molecular weight excluding hydrogens is 266 g/mol. The molecule has 0 radical (unpaired) electrons. The fraction of sp³-hybridized carbons (Fsp3) is 0.471. The molecule has 0 atom stereocenters. The van der Waals surface area contributed by atoms with Crippen molar-refractivity contribution in [2.75, 3.05) is 12.3 Å². The summed E-state index contributed by atoms with van der Waals surface area (Å²) < 4.78 is 0. The molecule has 3 heteroatoms. The number of benzene rings is 1. The van der Waals surface area contributed by atoms with E-state index in [0.717, 1.165) is 29.2 Å². The highest BCUT2D eigenvalue weighted by Gasteiger charge is 2.10. The summed E-state index contributed by atoms with van der Waals surface area (Å²) in [5, 5.41) is 3.05. The van der Waals surface area contributed by atoms with Gasteiger partial charge in [0.2, 0.25) is 0 Å². The predicted molar refractivity (Wildman–Crippen MR) is 86.3 cm³/mol. The second-order valence-corrected chi connectivity index (χ2v) is 6.35. The summed E-state index contributed by atoms with van der Waals surface area (Å²) >= 11 is 1.72. The lowest BCUT2D eigenvalue weighted by Gasteiger charge is -2.13. The van der Waals surface area contributed by atoms with Gasteiger partial charge in [0, 0.05) is 11.4 Å². The van der Waals surface area contributed by atoms with E-state index < -0.39 is 0 Å². The van der Waals surface area contributed by atoms with Gasteiger partial charge in [-0.1, -0.05) is 30.7 Å². The zero-order valence-electron chi connectivity index (χ0n) is 12.2. The van der Waals surface area contributed by atoms with Crippen molar-refractivity contribution in [3.05, 3.63) is 41.5 Å². The van der Waals surface area contributed by atoms with E-state index in [9.17, 15) is 4.79 Å². The van der Waals surface area contributed by atoms with Crippen molar-refractivity contribution in [1.29, 1.82) is 0 Å². The Morgan fingerprint density at radius 2 is 2.15 bits per heavy atom. The van der Waals surface area contributed by atoms with Crippen LogP contribution in [0.15, 0.2) is 40.8 Å². The summed E-state index contributed by atoms with van der Waals surface area (Å²) in [6, 6.07) is 7.85. The maximum atomic E-state index is 12.2. The number of amides is 1. The summed E-state index contributed by atoms with van der Waals surface area (Å²) in [4.78, 5) is 13.3. The molecule has 0 bridgehead atoms. The standard InChI is InChI=1S/C17H23NOS/c1-2-20-16-11-7-6-10-15(16)17(19)18-13-12-14-8-4-3-5-9-14/h6-8,10-11H,2-5,9,12-13H2,1H3,(H,18,19). The van der Waals surface area contributed by atoms with Gasteiger partial charge in [0.25, 0.3) is 5.91 Å². The van der Waals surface area contributed by atoms with E-state index in [4.69, 9.17) is 0 Å². The van der Waals surface area contributed by atoms with Crippen LogP contribution in [0.5, 0.6) is 0 Å². The molecule has 0 unspecified atom stereocenters. The normalized spacial score (nSPS) is 14.8. The highest BCUT2D eigenvalue weighted by atomic mass is 32.2. The zero-order valence-corrected chi connectivity index (χ0v) is 13.0. The number of rotatable bonds is 6. The second-order valence-electron chi connectivity index (χ2n) is 5.04. The Bertz CT molecular complexity index is 482. The third-order valence-corrected chi connectivity index (χ3v) is 4.50. The number of carbonyl (C=O) groups excluding carboxylic acids is 1. The maximum absolute atomic E-state index is 12.2. The minimum atomic E-state index is 0.0537. The predicted octanol–water partition coefficient (Wildman–Crippen LogP) is 4.42. The second kappa shape index (κ2) is 8.15. The summed E-state index contributed by atoms with van der Waals surface area (Å²) in [5.41, 5.74) is 2.31. The van der Waals surface area contributed by atoms with Crippen molar-refractivity contribution >= 4 is 17.7 Å². The fourth-order valence-corrected chi connectivity index (χ4v) is 3.30. The smallest absolute Gasteiger partial charge is 0.252 e. The third kappa shape index (κ3) is 4.41. The number of hydrogen-bond donors (Lipinski definition) is 1. The molecule has 0 saturated heterocycles. The molecule has 1 amide bonds. The minimum Gasteiger partial charge on any atom is -0.352 e. The van der Waals surface area contributed by atoms with Crippen molar-refractivity contribution in [3.63, 3.8) is 0 Å². The monoisotopic (exact) mass is 289 g/mol. The largest absolute Gasteiger partial charge is 0.352 e. The molecule has 1 N–H and O–H groups in total. The molecule has 0 fully saturated rings. The molecule has 1 aliphatic rings. The maximum Gasteiger partial charge on any atom is 0.252 e. The molecule has 2 rings (SSSR count). The molecule has 20 heavy (non-hydrogen) atoms. The van der Waals surface area contributed by atoms with Crippen LogP contribution in [0.4, 0.5) is 0 Å². The number of allylic oxidation sites excluding steroid dienone is 1. The summed E-state index contributed by atoms with van der Waals surface area (Å²) in [6.07, 6.45) is 8.37. The molecular formula is C17H23NOS. The van der Waals surface area contributed by atoms with Gasteiger partial charge in [-0.15, -0.1) is 11.8 Å². The van der Waals surface area contributed by atoms with Gasteiger partial charge in [-0.25, -0.2) is 0 Å². The van der Waals surface area contributed by atoms with Crippen LogP contribution in [-0.4, -0.2) is 18.2 Å². The Morgan fingerprint density at radius 1 is 1.30 bits per heavy atom. The molecule has 0 heterocycles. The zero-order chi connectivity index (χ0) is 14.2. The van der Waals surface area contributed by atoms with Crippen molar-refractivity contribution in [1.82, 2.24) is 5.32 Å². The van der Waals surface area contributed by atoms with Crippen molar-refractivity contribution in [3.8, 4) is 0 Å². The number of hydrogen-bond acceptors (Lipinski definition) is 2. The average Bonchev–Trinajstić information content (AvgIpc) is 2.49. The SMILES string of the molecule is CCSc1ccccc1C(=O)NCCC1=CCCCC1. The van der Waals surface area contributed by atoms with E-state index in [1.165, 1.54) is 31.3 Å². The molecule has 0 spiro atoms. The first-order valence-electron chi connectivity index (χ1n) is 7.49. The van der Waals surface area contributed by atoms with Gasteiger partial charge in [-0.3, -0.25) is 4.79 Å². The van der Waals surface area contributed by atoms with Crippen LogP contribution in [0.3, 0.4) is 0 Å². The van der Waals surface area contributed by atoms with Crippen molar-refractivity contribution in [2.24, 2.45) is 0 Å². The molecule has 0 aromatic heterocycles. The summed E-state index contributed by atoms with van der Waals surface area (Å²) in [5.74, 6) is 1.04. The Kier molecular flexibility index (Phi) is 6.19. The number of carbonyl (C=O) groups is 1. The van der Waals surface area contributed by atoms with E-state index in [1.54, 1.807) is 11.8 Å². The molecule has 108 valence electrons. The van der Waals surface area contributed by atoms with Crippen LogP contribution < -0.4 is 5.32 Å². The minimum absolute atomic E-state index is 0.0537. The van der Waals surface area contributed by atoms with Crippen LogP contribution in [0.25, 0.3) is 0 Å². The Morgan fingerprint density at radius 3 is 2.90 bits per heavy atom. The van der Waals surface area contributed by atoms with Gasteiger partial charge in [0.05, 0.1) is 5.56 Å². The molecule has 1 aliphatic carbocycles. The number of nitrogens with one attached hydrogen (secondary N) is 1. The molecule has 1 aromatic carbocycles. The van der Waals surface area contributed by atoms with Gasteiger partial charge in [-0.05, 0) is 50.0 Å². The Balaban J connectivity index is 1.86. The Hall–Kier alpha value is -1.22. The lowest BCUT2D eigenvalue weighted by Crippen LogP contribution is -2.25. The van der Waals surface area contributed by atoms with Gasteiger partial charge in [0.15, 0.2) is 0 Å². The quantitative estimate of drug-likeness (QED) is 0.620. The Labute approximate surface area is 126 Å². The van der Waals surface area contributed by atoms with Crippen LogP contribution in [0.1, 0.15) is 49.4 Å². The van der Waals surface area contributed by atoms with Crippen LogP contribution >= 0.6 is 11.8 Å². The average molecular weight is 289 g/mol. The van der Waals surface area contributed by atoms with Crippen LogP contribution in [0, 0.1) is 0 Å². The van der Waals surface area contributed by atoms with Gasteiger partial charge in [-0.2, -0.15) is 0 Å². The van der Waals surface area contributed by atoms with Crippen molar-refractivity contribution in [2.45, 2.75) is 43.9 Å². The fourth-order valence-electron chi connectivity index (χ4n) is 2.50. The van der Waals surface area contributed by atoms with Gasteiger partial charge >= 0.3 is 0 Å². The topological polar surface area (TPSA) is 29.1 Å². The van der Waals surface area contributed by atoms with Crippen LogP contribution in [-0.2, 0) is 0 Å². The van der Waals surface area contributed by atoms with Gasteiger partial charge in [0.1, 0.15) is 0 Å². The van der Waals surface area contributed by atoms with E-state index in [-0.39, 0.29) is 5.91 Å². The van der Waals surface area contributed by atoms with Crippen LogP contribution in [0.2, 0.25) is 0 Å². The van der Waals surface area contributed by atoms with Gasteiger partial charge < -0.3 is 5.32 Å². The lowest BCUT2D eigenvalue weighted by atomic mass is 9.97. The number of thioether (sulfide) groups is 1. The molecule has 0 saturated carbocycles. The van der Waals surface area contributed by atoms with E-state index >= 15 is 0 Å².